The lowest BCUT2D eigenvalue weighted by Crippen LogP contribution is -1.86. The van der Waals surface area contributed by atoms with Crippen LogP contribution in [0.1, 0.15) is 82.9 Å². The number of nitrogens with one attached hydrogen (secondary N) is 1. The van der Waals surface area contributed by atoms with Crippen LogP contribution in [0.25, 0.3) is 0 Å². The number of aryl methyl sites for hydroxylation is 2. The van der Waals surface area contributed by atoms with E-state index < -0.39 is 0 Å². The third-order valence-corrected chi connectivity index (χ3v) is 3.67. The molecule has 0 radical (unpaired) electrons. The van der Waals surface area contributed by atoms with Crippen molar-refractivity contribution in [2.24, 2.45) is 0 Å². The Bertz CT molecular complexity index is 288. The summed E-state index contributed by atoms with van der Waals surface area (Å²) in [7, 11) is 0. The molecule has 104 valence electrons. The molecule has 18 heavy (non-hydrogen) atoms. The predicted octanol–water partition coefficient (Wildman–Crippen LogP) is 5.65. The lowest BCUT2D eigenvalue weighted by molar-refractivity contribution is 0.629. The first-order valence-corrected chi connectivity index (χ1v) is 8.03. The fraction of sp³-hybridized carbons (Fsp3) is 0.765. The van der Waals surface area contributed by atoms with Crippen molar-refractivity contribution in [3.8, 4) is 0 Å². The maximum Gasteiger partial charge on any atom is 0.0149 e. The van der Waals surface area contributed by atoms with E-state index in [9.17, 15) is 0 Å². The fourth-order valence-electron chi connectivity index (χ4n) is 2.46. The highest BCUT2D eigenvalue weighted by Gasteiger charge is 1.99. The normalized spacial score (nSPS) is 11.0. The van der Waals surface area contributed by atoms with E-state index in [-0.39, 0.29) is 0 Å². The van der Waals surface area contributed by atoms with E-state index in [1.165, 1.54) is 81.9 Å². The summed E-state index contributed by atoms with van der Waals surface area (Å²) in [6.07, 6.45) is 17.0. The third kappa shape index (κ3) is 6.88. The zero-order valence-electron chi connectivity index (χ0n) is 12.4. The van der Waals surface area contributed by atoms with Gasteiger partial charge in [-0.2, -0.15) is 0 Å². The summed E-state index contributed by atoms with van der Waals surface area (Å²) in [6, 6.07) is 2.38. The van der Waals surface area contributed by atoms with Gasteiger partial charge in [0.25, 0.3) is 0 Å². The molecule has 0 aliphatic rings. The van der Waals surface area contributed by atoms with Crippen molar-refractivity contribution in [2.75, 3.05) is 0 Å². The van der Waals surface area contributed by atoms with Crippen LogP contribution < -0.4 is 0 Å². The average molecular weight is 249 g/mol. The molecule has 0 saturated carbocycles. The van der Waals surface area contributed by atoms with Crippen molar-refractivity contribution in [3.63, 3.8) is 0 Å². The van der Waals surface area contributed by atoms with E-state index in [0.29, 0.717) is 0 Å². The van der Waals surface area contributed by atoms with Crippen molar-refractivity contribution in [3.05, 3.63) is 23.5 Å². The van der Waals surface area contributed by atoms with Gasteiger partial charge in [-0.1, -0.05) is 58.8 Å². The second-order valence-electron chi connectivity index (χ2n) is 5.51. The SMILES string of the molecule is CCCCCCCc1cc(CCCCCC)c[nH]1. The molecule has 0 amide bonds. The maximum atomic E-state index is 3.44. The first-order valence-electron chi connectivity index (χ1n) is 8.03. The molecule has 1 nitrogen and oxygen atoms in total. The van der Waals surface area contributed by atoms with Crippen molar-refractivity contribution in [1.82, 2.24) is 4.98 Å². The van der Waals surface area contributed by atoms with Crippen molar-refractivity contribution in [1.29, 1.82) is 0 Å². The minimum atomic E-state index is 1.23. The Labute approximate surface area is 113 Å². The van der Waals surface area contributed by atoms with Gasteiger partial charge in [-0.3, -0.25) is 0 Å². The number of aromatic nitrogens is 1. The standard InChI is InChI=1S/C17H31N/c1-3-5-7-9-11-13-17-14-16(15-18-17)12-10-8-6-4-2/h14-15,18H,3-13H2,1-2H3. The summed E-state index contributed by atoms with van der Waals surface area (Å²) in [4.78, 5) is 3.44. The smallest absolute Gasteiger partial charge is 0.0149 e. The molecule has 0 aromatic carbocycles. The average Bonchev–Trinajstić information content (AvgIpc) is 2.82. The van der Waals surface area contributed by atoms with Gasteiger partial charge in [0.05, 0.1) is 0 Å². The summed E-state index contributed by atoms with van der Waals surface area (Å²) >= 11 is 0. The largest absolute Gasteiger partial charge is 0.365 e. The molecule has 0 atom stereocenters. The summed E-state index contributed by atoms with van der Waals surface area (Å²) in [5.41, 5.74) is 2.95. The zero-order valence-corrected chi connectivity index (χ0v) is 12.4. The van der Waals surface area contributed by atoms with Crippen LogP contribution >= 0.6 is 0 Å². The molecule has 1 heteroatoms. The van der Waals surface area contributed by atoms with E-state index in [1.807, 2.05) is 0 Å². The number of unbranched alkanes of at least 4 members (excludes halogenated alkanes) is 7. The minimum Gasteiger partial charge on any atom is -0.365 e. The van der Waals surface area contributed by atoms with Crippen LogP contribution in [0.3, 0.4) is 0 Å². The van der Waals surface area contributed by atoms with Gasteiger partial charge < -0.3 is 4.98 Å². The van der Waals surface area contributed by atoms with Gasteiger partial charge in [0.15, 0.2) is 0 Å². The van der Waals surface area contributed by atoms with Crippen LogP contribution in [0.4, 0.5) is 0 Å². The van der Waals surface area contributed by atoms with Gasteiger partial charge in [-0.15, -0.1) is 0 Å². The maximum absolute atomic E-state index is 3.44. The Morgan fingerprint density at radius 1 is 0.778 bits per heavy atom. The predicted molar refractivity (Wildman–Crippen MR) is 81.1 cm³/mol. The van der Waals surface area contributed by atoms with E-state index in [0.717, 1.165) is 0 Å². The Kier molecular flexibility index (Phi) is 8.71. The van der Waals surface area contributed by atoms with Crippen LogP contribution in [0, 0.1) is 0 Å². The summed E-state index contributed by atoms with van der Waals surface area (Å²) in [6.45, 7) is 4.54. The van der Waals surface area contributed by atoms with Gasteiger partial charge in [-0.25, -0.2) is 0 Å². The van der Waals surface area contributed by atoms with Gasteiger partial charge in [-0.05, 0) is 37.3 Å². The lowest BCUT2D eigenvalue weighted by atomic mass is 10.1. The van der Waals surface area contributed by atoms with E-state index in [2.05, 4.69) is 31.1 Å². The first-order chi connectivity index (χ1) is 8.86. The molecule has 1 aromatic rings. The van der Waals surface area contributed by atoms with Crippen molar-refractivity contribution >= 4 is 0 Å². The molecule has 1 aromatic heterocycles. The zero-order chi connectivity index (χ0) is 13.1. The number of H-pyrrole nitrogens is 1. The quantitative estimate of drug-likeness (QED) is 0.488. The van der Waals surface area contributed by atoms with E-state index in [4.69, 9.17) is 0 Å². The molecular formula is C17H31N. The van der Waals surface area contributed by atoms with E-state index >= 15 is 0 Å². The van der Waals surface area contributed by atoms with Crippen LogP contribution in [-0.2, 0) is 12.8 Å². The number of aromatic amines is 1. The Balaban J connectivity index is 2.10. The number of hydrogen-bond donors (Lipinski definition) is 1. The molecule has 1 rings (SSSR count). The van der Waals surface area contributed by atoms with Crippen molar-refractivity contribution < 1.29 is 0 Å². The second-order valence-corrected chi connectivity index (χ2v) is 5.51. The van der Waals surface area contributed by atoms with Crippen LogP contribution in [0.2, 0.25) is 0 Å². The Hall–Kier alpha value is -0.720. The monoisotopic (exact) mass is 249 g/mol. The summed E-state index contributed by atoms with van der Waals surface area (Å²) < 4.78 is 0. The molecule has 0 unspecified atom stereocenters. The highest BCUT2D eigenvalue weighted by Crippen LogP contribution is 2.12. The minimum absolute atomic E-state index is 1.23. The molecule has 0 aliphatic carbocycles. The highest BCUT2D eigenvalue weighted by atomic mass is 14.7. The summed E-state index contributed by atoms with van der Waals surface area (Å²) in [5.74, 6) is 0. The molecular weight excluding hydrogens is 218 g/mol. The van der Waals surface area contributed by atoms with Gasteiger partial charge in [0, 0.05) is 11.9 Å². The van der Waals surface area contributed by atoms with Crippen LogP contribution in [0.15, 0.2) is 12.3 Å². The highest BCUT2D eigenvalue weighted by molar-refractivity contribution is 5.16. The molecule has 1 heterocycles. The molecule has 0 saturated heterocycles. The van der Waals surface area contributed by atoms with Crippen LogP contribution in [0.5, 0.6) is 0 Å². The number of hydrogen-bond acceptors (Lipinski definition) is 0. The lowest BCUT2D eigenvalue weighted by Gasteiger charge is -1.99. The van der Waals surface area contributed by atoms with Crippen LogP contribution in [-0.4, -0.2) is 4.98 Å². The molecule has 0 bridgehead atoms. The Morgan fingerprint density at radius 3 is 2.11 bits per heavy atom. The van der Waals surface area contributed by atoms with Gasteiger partial charge >= 0.3 is 0 Å². The Morgan fingerprint density at radius 2 is 1.39 bits per heavy atom. The summed E-state index contributed by atoms with van der Waals surface area (Å²) in [5, 5.41) is 0. The topological polar surface area (TPSA) is 15.8 Å². The van der Waals surface area contributed by atoms with Gasteiger partial charge in [0.2, 0.25) is 0 Å². The van der Waals surface area contributed by atoms with E-state index in [1.54, 1.807) is 0 Å². The van der Waals surface area contributed by atoms with Crippen molar-refractivity contribution in [2.45, 2.75) is 84.5 Å². The first kappa shape index (κ1) is 15.3. The molecule has 0 aliphatic heterocycles. The molecule has 1 N–H and O–H groups in total. The van der Waals surface area contributed by atoms with Gasteiger partial charge in [0.1, 0.15) is 0 Å². The number of rotatable bonds is 11. The molecule has 0 spiro atoms. The third-order valence-electron chi connectivity index (χ3n) is 3.67. The fourth-order valence-corrected chi connectivity index (χ4v) is 2.46. The molecule has 0 fully saturated rings. The second kappa shape index (κ2) is 10.2.